The maximum Gasteiger partial charge on any atom is 0.335 e. The summed E-state index contributed by atoms with van der Waals surface area (Å²) in [5.41, 5.74) is 2.66. The Morgan fingerprint density at radius 3 is 2.86 bits per heavy atom. The smallest absolute Gasteiger partial charge is 0.335 e. The molecule has 1 aromatic carbocycles. The van der Waals surface area contributed by atoms with Gasteiger partial charge in [-0.15, -0.1) is 0 Å². The van der Waals surface area contributed by atoms with E-state index in [-0.39, 0.29) is 0 Å². The number of allylic oxidation sites excluding steroid dienone is 4. The highest BCUT2D eigenvalue weighted by molar-refractivity contribution is 5.88. The number of hydrogen-bond donors (Lipinski definition) is 2. The van der Waals surface area contributed by atoms with Crippen molar-refractivity contribution in [1.82, 2.24) is 0 Å². The van der Waals surface area contributed by atoms with Crippen molar-refractivity contribution in [3.63, 3.8) is 0 Å². The molecule has 1 aromatic rings. The molecule has 114 valence electrons. The van der Waals surface area contributed by atoms with E-state index in [1.807, 2.05) is 12.1 Å². The van der Waals surface area contributed by atoms with Gasteiger partial charge in [0, 0.05) is 17.6 Å². The molecular formula is C19H21NO2. The molecule has 0 fully saturated rings. The van der Waals surface area contributed by atoms with Crippen LogP contribution in [0.15, 0.2) is 42.5 Å². The molecule has 0 amide bonds. The van der Waals surface area contributed by atoms with Crippen molar-refractivity contribution in [3.8, 4) is 0 Å². The van der Waals surface area contributed by atoms with Crippen LogP contribution in [-0.4, -0.2) is 17.1 Å². The van der Waals surface area contributed by atoms with Gasteiger partial charge >= 0.3 is 5.97 Å². The van der Waals surface area contributed by atoms with E-state index in [0.29, 0.717) is 29.4 Å². The third kappa shape index (κ3) is 2.16. The van der Waals surface area contributed by atoms with E-state index >= 15 is 0 Å². The lowest BCUT2D eigenvalue weighted by Crippen LogP contribution is -2.41. The third-order valence-electron chi connectivity index (χ3n) is 5.47. The van der Waals surface area contributed by atoms with Crippen LogP contribution < -0.4 is 5.32 Å². The molecule has 0 bridgehead atoms. The normalized spacial score (nSPS) is 32.2. The molecule has 0 radical (unpaired) electrons. The Kier molecular flexibility index (Phi) is 3.29. The van der Waals surface area contributed by atoms with Crippen molar-refractivity contribution >= 4 is 11.7 Å². The molecule has 0 saturated heterocycles. The minimum absolute atomic E-state index is 0.367. The highest BCUT2D eigenvalue weighted by Gasteiger charge is 2.40. The highest BCUT2D eigenvalue weighted by Crippen LogP contribution is 2.47. The summed E-state index contributed by atoms with van der Waals surface area (Å²) in [5.74, 6) is 0.769. The van der Waals surface area contributed by atoms with E-state index in [2.05, 4.69) is 29.6 Å². The van der Waals surface area contributed by atoms with Gasteiger partial charge in [-0.1, -0.05) is 24.3 Å². The largest absolute Gasteiger partial charge is 0.478 e. The van der Waals surface area contributed by atoms with Crippen LogP contribution in [0.1, 0.15) is 47.5 Å². The first-order valence-electron chi connectivity index (χ1n) is 8.19. The second-order valence-corrected chi connectivity index (χ2v) is 6.68. The van der Waals surface area contributed by atoms with Gasteiger partial charge in [0.25, 0.3) is 0 Å². The van der Waals surface area contributed by atoms with E-state index in [1.54, 1.807) is 6.07 Å². The standard InChI is InChI=1S/C19H21NO2/c21-19(22)13-9-10-17-16(11-13)14-7-4-8-15(14)18(20-17)12-5-2-1-3-6-12/h1-2,4,7,9-12,14-15,18,20H,3,5-6,8H2,(H,21,22)/t12-,14-,15+,18+/m1/s1. The summed E-state index contributed by atoms with van der Waals surface area (Å²) in [7, 11) is 0. The number of benzene rings is 1. The predicted molar refractivity (Wildman–Crippen MR) is 87.3 cm³/mol. The Morgan fingerprint density at radius 1 is 1.18 bits per heavy atom. The lowest BCUT2D eigenvalue weighted by atomic mass is 9.72. The summed E-state index contributed by atoms with van der Waals surface area (Å²) in [6.07, 6.45) is 13.8. The zero-order valence-corrected chi connectivity index (χ0v) is 12.5. The van der Waals surface area contributed by atoms with Gasteiger partial charge in [-0.05, 0) is 61.3 Å². The Morgan fingerprint density at radius 2 is 2.09 bits per heavy atom. The first-order valence-corrected chi connectivity index (χ1v) is 8.19. The zero-order chi connectivity index (χ0) is 15.1. The number of nitrogens with one attached hydrogen (secondary N) is 1. The molecule has 4 rings (SSSR count). The van der Waals surface area contributed by atoms with Crippen molar-refractivity contribution in [3.05, 3.63) is 53.6 Å². The van der Waals surface area contributed by atoms with Gasteiger partial charge in [0.2, 0.25) is 0 Å². The third-order valence-corrected chi connectivity index (χ3v) is 5.47. The van der Waals surface area contributed by atoms with Gasteiger partial charge in [0.1, 0.15) is 0 Å². The van der Waals surface area contributed by atoms with Crippen LogP contribution in [-0.2, 0) is 0 Å². The maximum atomic E-state index is 11.2. The number of aromatic carboxylic acids is 1. The minimum atomic E-state index is -0.846. The van der Waals surface area contributed by atoms with Crippen LogP contribution >= 0.6 is 0 Å². The van der Waals surface area contributed by atoms with Gasteiger partial charge in [0.05, 0.1) is 5.56 Å². The molecular weight excluding hydrogens is 274 g/mol. The summed E-state index contributed by atoms with van der Waals surface area (Å²) >= 11 is 0. The molecule has 1 aliphatic heterocycles. The van der Waals surface area contributed by atoms with E-state index in [4.69, 9.17) is 0 Å². The molecule has 0 spiro atoms. The van der Waals surface area contributed by atoms with Crippen LogP contribution in [0, 0.1) is 11.8 Å². The van der Waals surface area contributed by atoms with Crippen LogP contribution in [0.25, 0.3) is 0 Å². The molecule has 0 saturated carbocycles. The van der Waals surface area contributed by atoms with Crippen molar-refractivity contribution in [1.29, 1.82) is 0 Å². The van der Waals surface area contributed by atoms with Gasteiger partial charge < -0.3 is 10.4 Å². The fraction of sp³-hybridized carbons (Fsp3) is 0.421. The van der Waals surface area contributed by atoms with Crippen LogP contribution in [0.5, 0.6) is 0 Å². The number of carboxylic acid groups (broad SMARTS) is 1. The molecule has 2 N–H and O–H groups in total. The van der Waals surface area contributed by atoms with Crippen molar-refractivity contribution < 1.29 is 9.90 Å². The predicted octanol–water partition coefficient (Wildman–Crippen LogP) is 4.19. The summed E-state index contributed by atoms with van der Waals surface area (Å²) in [6, 6.07) is 6.01. The Labute approximate surface area is 130 Å². The van der Waals surface area contributed by atoms with Gasteiger partial charge in [-0.25, -0.2) is 4.79 Å². The molecule has 3 nitrogen and oxygen atoms in total. The molecule has 0 unspecified atom stereocenters. The molecule has 3 heteroatoms. The summed E-state index contributed by atoms with van der Waals surface area (Å²) in [4.78, 5) is 11.2. The zero-order valence-electron chi connectivity index (χ0n) is 12.5. The second-order valence-electron chi connectivity index (χ2n) is 6.68. The molecule has 0 aromatic heterocycles. The molecule has 4 atom stereocenters. The van der Waals surface area contributed by atoms with Crippen LogP contribution in [0.3, 0.4) is 0 Å². The molecule has 1 heterocycles. The summed E-state index contributed by atoms with van der Waals surface area (Å²) < 4.78 is 0. The van der Waals surface area contributed by atoms with Crippen molar-refractivity contribution in [2.45, 2.75) is 37.6 Å². The highest BCUT2D eigenvalue weighted by atomic mass is 16.4. The number of hydrogen-bond acceptors (Lipinski definition) is 2. The first-order chi connectivity index (χ1) is 10.7. The van der Waals surface area contributed by atoms with E-state index < -0.39 is 5.97 Å². The SMILES string of the molecule is O=C(O)c1ccc2c(c1)[C@@H]1C=CC[C@@H]1[C@H]([C@@H]1CC=CCC1)N2. The Bertz CT molecular complexity index is 661. The monoisotopic (exact) mass is 295 g/mol. The number of rotatable bonds is 2. The fourth-order valence-electron chi connectivity index (χ4n) is 4.38. The lowest BCUT2D eigenvalue weighted by molar-refractivity contribution is 0.0696. The first kappa shape index (κ1) is 13.6. The van der Waals surface area contributed by atoms with Gasteiger partial charge in [-0.3, -0.25) is 0 Å². The van der Waals surface area contributed by atoms with E-state index in [1.165, 1.54) is 12.8 Å². The van der Waals surface area contributed by atoms with Crippen molar-refractivity contribution in [2.75, 3.05) is 5.32 Å². The number of anilines is 1. The molecule has 2 aliphatic carbocycles. The van der Waals surface area contributed by atoms with Crippen LogP contribution in [0.4, 0.5) is 5.69 Å². The van der Waals surface area contributed by atoms with Crippen LogP contribution in [0.2, 0.25) is 0 Å². The number of carboxylic acids is 1. The topological polar surface area (TPSA) is 49.3 Å². The number of carbonyl (C=O) groups is 1. The fourth-order valence-corrected chi connectivity index (χ4v) is 4.38. The Hall–Kier alpha value is -2.03. The average Bonchev–Trinajstić information content (AvgIpc) is 3.04. The molecule has 22 heavy (non-hydrogen) atoms. The second kappa shape index (κ2) is 5.31. The quantitative estimate of drug-likeness (QED) is 0.804. The average molecular weight is 295 g/mol. The Balaban J connectivity index is 1.70. The van der Waals surface area contributed by atoms with Gasteiger partial charge in [0.15, 0.2) is 0 Å². The maximum absolute atomic E-state index is 11.2. The van der Waals surface area contributed by atoms with Crippen molar-refractivity contribution in [2.24, 2.45) is 11.8 Å². The van der Waals surface area contributed by atoms with E-state index in [0.717, 1.165) is 24.1 Å². The minimum Gasteiger partial charge on any atom is -0.478 e. The number of fused-ring (bicyclic) bond motifs is 3. The summed E-state index contributed by atoms with van der Waals surface area (Å²) in [5, 5.41) is 13.0. The summed E-state index contributed by atoms with van der Waals surface area (Å²) in [6.45, 7) is 0. The lowest BCUT2D eigenvalue weighted by Gasteiger charge is -2.42. The molecule has 3 aliphatic rings. The van der Waals surface area contributed by atoms with Gasteiger partial charge in [-0.2, -0.15) is 0 Å². The van der Waals surface area contributed by atoms with E-state index in [9.17, 15) is 9.90 Å².